The van der Waals surface area contributed by atoms with Gasteiger partial charge >= 0.3 is 0 Å². The van der Waals surface area contributed by atoms with Crippen molar-refractivity contribution in [2.45, 2.75) is 89.9 Å². The molecule has 0 atom stereocenters. The van der Waals surface area contributed by atoms with E-state index in [9.17, 15) is 4.79 Å². The van der Waals surface area contributed by atoms with Crippen LogP contribution in [0.25, 0.3) is 11.0 Å². The molecule has 42 heavy (non-hydrogen) atoms. The van der Waals surface area contributed by atoms with Crippen molar-refractivity contribution in [2.75, 3.05) is 43.4 Å². The van der Waals surface area contributed by atoms with Crippen LogP contribution in [0.1, 0.15) is 78.8 Å². The van der Waals surface area contributed by atoms with Gasteiger partial charge in [-0.15, -0.1) is 5.54 Å². The molecule has 3 heterocycles. The van der Waals surface area contributed by atoms with Crippen molar-refractivity contribution in [3.8, 4) is 11.5 Å². The summed E-state index contributed by atoms with van der Waals surface area (Å²) in [6, 6.07) is 10.4. The molecule has 0 unspecified atom stereocenters. The third-order valence-electron chi connectivity index (χ3n) is 9.75. The van der Waals surface area contributed by atoms with Crippen LogP contribution in [0.2, 0.25) is 16.6 Å². The van der Waals surface area contributed by atoms with Crippen molar-refractivity contribution >= 4 is 36.4 Å². The number of aromatic nitrogens is 3. The van der Waals surface area contributed by atoms with E-state index in [-0.39, 0.29) is 11.6 Å². The fraction of sp³-hybridized carbons (Fsp3) is 0.559. The Balaban J connectivity index is 1.52. The van der Waals surface area contributed by atoms with Crippen molar-refractivity contribution in [3.05, 3.63) is 52.4 Å². The molecule has 1 saturated heterocycles. The van der Waals surface area contributed by atoms with Crippen LogP contribution in [0.15, 0.2) is 41.3 Å². The van der Waals surface area contributed by atoms with E-state index >= 15 is 0 Å². The number of hydrogen-bond donors (Lipinski definition) is 1. The molecule has 2 aromatic heterocycles. The standard InChI is InChI=1S/C34H48N6OSi/c1-24(2)42(25(3)4,26(5)6)21-16-27-22-32(41)40(30-10-8-9-11-30)33-31(27)23-35-34(37-33)36-28-12-14-29(15-13-28)39-19-17-38(7)18-20-39/h12-15,22-26,30H,8-11,17-20H2,1-7H3,(H,35,36,37). The van der Waals surface area contributed by atoms with Gasteiger partial charge in [0.15, 0.2) is 0 Å². The van der Waals surface area contributed by atoms with Crippen molar-refractivity contribution in [1.82, 2.24) is 19.4 Å². The highest BCUT2D eigenvalue weighted by Crippen LogP contribution is 2.41. The number of rotatable bonds is 7. The number of anilines is 3. The molecule has 2 aliphatic rings. The number of benzene rings is 1. The summed E-state index contributed by atoms with van der Waals surface area (Å²) in [5, 5.41) is 4.26. The lowest BCUT2D eigenvalue weighted by Gasteiger charge is -2.38. The SMILES string of the molecule is CC(C)[Si](C#Cc1cc(=O)n(C2CCCC2)c2nc(Nc3ccc(N4CCN(C)CC4)cc3)ncc12)(C(C)C)C(C)C. The number of hydrogen-bond acceptors (Lipinski definition) is 6. The maximum atomic E-state index is 13.7. The topological polar surface area (TPSA) is 66.3 Å². The fourth-order valence-corrected chi connectivity index (χ4v) is 12.6. The molecule has 1 aromatic carbocycles. The van der Waals surface area contributed by atoms with Crippen LogP contribution in [0.5, 0.6) is 0 Å². The van der Waals surface area contributed by atoms with Gasteiger partial charge in [0.1, 0.15) is 13.7 Å². The second kappa shape index (κ2) is 12.6. The first-order valence-corrected chi connectivity index (χ1v) is 18.1. The summed E-state index contributed by atoms with van der Waals surface area (Å²) in [6.45, 7) is 18.1. The summed E-state index contributed by atoms with van der Waals surface area (Å²) in [4.78, 5) is 28.1. The number of nitrogens with zero attached hydrogens (tertiary/aromatic N) is 5. The molecule has 1 aliphatic carbocycles. The number of fused-ring (bicyclic) bond motifs is 1. The van der Waals surface area contributed by atoms with E-state index in [0.29, 0.717) is 28.2 Å². The van der Waals surface area contributed by atoms with Gasteiger partial charge in [0.2, 0.25) is 5.95 Å². The molecule has 0 bridgehead atoms. The predicted octanol–water partition coefficient (Wildman–Crippen LogP) is 6.97. The zero-order valence-electron chi connectivity index (χ0n) is 26.6. The van der Waals surface area contributed by atoms with Gasteiger partial charge in [-0.2, -0.15) is 4.98 Å². The van der Waals surface area contributed by atoms with Gasteiger partial charge in [0.05, 0.1) is 5.39 Å². The predicted molar refractivity (Wildman–Crippen MR) is 179 cm³/mol. The Morgan fingerprint density at radius 3 is 2.14 bits per heavy atom. The van der Waals surface area contributed by atoms with E-state index < -0.39 is 8.07 Å². The number of nitrogens with one attached hydrogen (secondary N) is 1. The van der Waals surface area contributed by atoms with Gasteiger partial charge in [-0.1, -0.05) is 60.3 Å². The lowest BCUT2D eigenvalue weighted by Crippen LogP contribution is -2.44. The Morgan fingerprint density at radius 2 is 1.55 bits per heavy atom. The van der Waals surface area contributed by atoms with E-state index in [1.165, 1.54) is 5.69 Å². The van der Waals surface area contributed by atoms with Crippen LogP contribution in [0.4, 0.5) is 17.3 Å². The largest absolute Gasteiger partial charge is 0.369 e. The minimum Gasteiger partial charge on any atom is -0.369 e. The normalized spacial score (nSPS) is 17.0. The van der Waals surface area contributed by atoms with Crippen molar-refractivity contribution in [1.29, 1.82) is 0 Å². The van der Waals surface area contributed by atoms with Crippen LogP contribution in [0.3, 0.4) is 0 Å². The lowest BCUT2D eigenvalue weighted by molar-refractivity contribution is 0.313. The molecule has 7 nitrogen and oxygen atoms in total. The average molecular weight is 585 g/mol. The highest BCUT2D eigenvalue weighted by molar-refractivity contribution is 6.90. The third kappa shape index (κ3) is 6.00. The van der Waals surface area contributed by atoms with Crippen LogP contribution < -0.4 is 15.8 Å². The fourth-order valence-electron chi connectivity index (χ4n) is 7.36. The molecule has 8 heteroatoms. The Bertz CT molecular complexity index is 1480. The van der Waals surface area contributed by atoms with E-state index in [1.807, 2.05) is 10.8 Å². The first kappa shape index (κ1) is 30.3. The smallest absolute Gasteiger partial charge is 0.253 e. The monoisotopic (exact) mass is 584 g/mol. The van der Waals surface area contributed by atoms with Gasteiger partial charge in [-0.05, 0) is 60.8 Å². The summed E-state index contributed by atoms with van der Waals surface area (Å²) < 4.78 is 1.91. The molecule has 0 radical (unpaired) electrons. The summed E-state index contributed by atoms with van der Waals surface area (Å²) in [6.07, 6.45) is 6.15. The second-order valence-corrected chi connectivity index (χ2v) is 18.8. The molecular formula is C34H48N6OSi. The highest BCUT2D eigenvalue weighted by atomic mass is 28.3. The van der Waals surface area contributed by atoms with Gasteiger partial charge in [-0.25, -0.2) is 4.98 Å². The van der Waals surface area contributed by atoms with E-state index in [2.05, 4.69) is 99.4 Å². The highest BCUT2D eigenvalue weighted by Gasteiger charge is 2.41. The molecule has 0 spiro atoms. The Kier molecular flexibility index (Phi) is 9.10. The van der Waals surface area contributed by atoms with Gasteiger partial charge < -0.3 is 15.1 Å². The number of likely N-dealkylation sites (N-methyl/N-ethyl adjacent to an activating group) is 1. The number of pyridine rings is 1. The third-order valence-corrected chi connectivity index (χ3v) is 16.0. The Morgan fingerprint density at radius 1 is 0.929 bits per heavy atom. The van der Waals surface area contributed by atoms with Crippen molar-refractivity contribution in [3.63, 3.8) is 0 Å². The molecule has 1 aliphatic heterocycles. The molecular weight excluding hydrogens is 537 g/mol. The molecule has 1 saturated carbocycles. The summed E-state index contributed by atoms with van der Waals surface area (Å²) in [7, 11) is 0.208. The second-order valence-electron chi connectivity index (χ2n) is 13.2. The molecule has 0 amide bonds. The van der Waals surface area contributed by atoms with Gasteiger partial charge in [0, 0.05) is 61.4 Å². The summed E-state index contributed by atoms with van der Waals surface area (Å²) >= 11 is 0. The minimum atomic E-state index is -1.97. The molecule has 1 N–H and O–H groups in total. The van der Waals surface area contributed by atoms with E-state index in [0.717, 1.165) is 68.5 Å². The maximum absolute atomic E-state index is 13.7. The first-order valence-electron chi connectivity index (χ1n) is 15.9. The summed E-state index contributed by atoms with van der Waals surface area (Å²) in [5.74, 6) is 4.03. The molecule has 3 aromatic rings. The lowest BCUT2D eigenvalue weighted by atomic mass is 10.1. The maximum Gasteiger partial charge on any atom is 0.253 e. The van der Waals surface area contributed by atoms with Gasteiger partial charge in [0.25, 0.3) is 5.56 Å². The van der Waals surface area contributed by atoms with Crippen LogP contribution in [0, 0.1) is 11.5 Å². The zero-order chi connectivity index (χ0) is 30.0. The molecule has 5 rings (SSSR count). The average Bonchev–Trinajstić information content (AvgIpc) is 3.48. The van der Waals surface area contributed by atoms with Crippen LogP contribution in [-0.2, 0) is 0 Å². The summed E-state index contributed by atoms with van der Waals surface area (Å²) in [5.41, 5.74) is 8.96. The minimum absolute atomic E-state index is 0.00853. The number of piperazine rings is 1. The van der Waals surface area contributed by atoms with Crippen molar-refractivity contribution in [2.24, 2.45) is 0 Å². The Labute approximate surface area is 252 Å². The molecule has 224 valence electrons. The zero-order valence-corrected chi connectivity index (χ0v) is 27.6. The van der Waals surface area contributed by atoms with Crippen LogP contribution >= 0.6 is 0 Å². The first-order chi connectivity index (χ1) is 20.1. The van der Waals surface area contributed by atoms with E-state index in [4.69, 9.17) is 9.97 Å². The molecule has 2 fully saturated rings. The Hall–Kier alpha value is -3.15. The van der Waals surface area contributed by atoms with E-state index in [1.54, 1.807) is 6.07 Å². The van der Waals surface area contributed by atoms with Gasteiger partial charge in [-0.3, -0.25) is 9.36 Å². The van der Waals surface area contributed by atoms with Crippen LogP contribution in [-0.4, -0.2) is 60.7 Å². The quantitative estimate of drug-likeness (QED) is 0.239. The van der Waals surface area contributed by atoms with Crippen molar-refractivity contribution < 1.29 is 0 Å².